The van der Waals surface area contributed by atoms with Crippen LogP contribution in [-0.4, -0.2) is 23.7 Å². The van der Waals surface area contributed by atoms with Gasteiger partial charge in [-0.15, -0.1) is 11.6 Å². The van der Waals surface area contributed by atoms with Crippen molar-refractivity contribution in [2.24, 2.45) is 0 Å². The molecule has 3 nitrogen and oxygen atoms in total. The molecule has 0 saturated heterocycles. The Morgan fingerprint density at radius 3 is 2.10 bits per heavy atom. The molecule has 2 aromatic rings. The molecule has 0 spiro atoms. The minimum Gasteiger partial charge on any atom is -0.491 e. The van der Waals surface area contributed by atoms with E-state index in [1.165, 1.54) is 0 Å². The average molecular weight is 293 g/mol. The lowest BCUT2D eigenvalue weighted by atomic mass is 10.2. The molecular weight excluding hydrogens is 276 g/mol. The van der Waals surface area contributed by atoms with Crippen molar-refractivity contribution >= 4 is 11.6 Å². The van der Waals surface area contributed by atoms with Crippen molar-refractivity contribution in [1.82, 2.24) is 0 Å². The third-order valence-electron chi connectivity index (χ3n) is 2.69. The summed E-state index contributed by atoms with van der Waals surface area (Å²) in [6.07, 6.45) is -0.648. The maximum atomic E-state index is 9.30. The number of halogens is 1. The zero-order valence-corrected chi connectivity index (χ0v) is 11.8. The highest BCUT2D eigenvalue weighted by molar-refractivity contribution is 6.18. The number of alkyl halides is 1. The van der Waals surface area contributed by atoms with Gasteiger partial charge in [0.25, 0.3) is 0 Å². The molecule has 0 heterocycles. The van der Waals surface area contributed by atoms with Gasteiger partial charge in [-0.05, 0) is 29.8 Å². The molecular formula is C16H17ClO3. The van der Waals surface area contributed by atoms with Gasteiger partial charge in [0.15, 0.2) is 0 Å². The lowest BCUT2D eigenvalue weighted by Gasteiger charge is -2.10. The number of benzene rings is 2. The number of hydrogen-bond acceptors (Lipinski definition) is 3. The Labute approximate surface area is 123 Å². The molecule has 0 bridgehead atoms. The first-order valence-electron chi connectivity index (χ1n) is 6.41. The first-order chi connectivity index (χ1) is 9.78. The fourth-order valence-electron chi connectivity index (χ4n) is 1.61. The summed E-state index contributed by atoms with van der Waals surface area (Å²) in [5.74, 6) is 1.62. The van der Waals surface area contributed by atoms with E-state index >= 15 is 0 Å². The van der Waals surface area contributed by atoms with Gasteiger partial charge in [-0.1, -0.05) is 30.3 Å². The molecule has 0 aliphatic heterocycles. The molecule has 4 heteroatoms. The molecule has 0 aromatic heterocycles. The molecule has 0 aliphatic carbocycles. The van der Waals surface area contributed by atoms with Crippen LogP contribution in [0.2, 0.25) is 0 Å². The van der Waals surface area contributed by atoms with Gasteiger partial charge in [0, 0.05) is 0 Å². The van der Waals surface area contributed by atoms with E-state index in [1.807, 2.05) is 42.5 Å². The molecule has 0 aliphatic rings. The molecule has 0 fully saturated rings. The third kappa shape index (κ3) is 4.76. The van der Waals surface area contributed by atoms with Gasteiger partial charge in [-0.2, -0.15) is 0 Å². The third-order valence-corrected chi connectivity index (χ3v) is 3.05. The van der Waals surface area contributed by atoms with Crippen LogP contribution in [0.25, 0.3) is 0 Å². The molecule has 0 saturated carbocycles. The fraction of sp³-hybridized carbons (Fsp3) is 0.250. The normalized spacial score (nSPS) is 11.9. The van der Waals surface area contributed by atoms with Gasteiger partial charge in [0.1, 0.15) is 30.8 Å². The molecule has 106 valence electrons. The maximum absolute atomic E-state index is 9.30. The van der Waals surface area contributed by atoms with Crippen molar-refractivity contribution in [2.45, 2.75) is 12.7 Å². The van der Waals surface area contributed by atoms with Crippen LogP contribution >= 0.6 is 11.6 Å². The molecule has 2 rings (SSSR count). The van der Waals surface area contributed by atoms with Crippen molar-refractivity contribution in [3.8, 4) is 11.5 Å². The van der Waals surface area contributed by atoms with Gasteiger partial charge in [0.2, 0.25) is 0 Å². The maximum Gasteiger partial charge on any atom is 0.120 e. The number of aliphatic hydroxyl groups excluding tert-OH is 1. The fourth-order valence-corrected chi connectivity index (χ4v) is 1.70. The van der Waals surface area contributed by atoms with E-state index in [0.717, 1.165) is 11.3 Å². The summed E-state index contributed by atoms with van der Waals surface area (Å²) in [5, 5.41) is 9.30. The van der Waals surface area contributed by atoms with Gasteiger partial charge in [0.05, 0.1) is 5.88 Å². The van der Waals surface area contributed by atoms with E-state index < -0.39 is 6.10 Å². The summed E-state index contributed by atoms with van der Waals surface area (Å²) in [5.41, 5.74) is 1.12. The summed E-state index contributed by atoms with van der Waals surface area (Å²) >= 11 is 5.49. The molecule has 20 heavy (non-hydrogen) atoms. The standard InChI is InChI=1S/C16H17ClO3/c17-10-14(18)12-20-16-8-6-15(7-9-16)19-11-13-4-2-1-3-5-13/h1-9,14,18H,10-12H2. The van der Waals surface area contributed by atoms with E-state index in [9.17, 15) is 5.11 Å². The largest absolute Gasteiger partial charge is 0.491 e. The lowest BCUT2D eigenvalue weighted by molar-refractivity contribution is 0.125. The van der Waals surface area contributed by atoms with Crippen LogP contribution in [0.1, 0.15) is 5.56 Å². The monoisotopic (exact) mass is 292 g/mol. The van der Waals surface area contributed by atoms with Gasteiger partial charge < -0.3 is 14.6 Å². The minimum absolute atomic E-state index is 0.165. The zero-order valence-electron chi connectivity index (χ0n) is 11.0. The second-order valence-electron chi connectivity index (χ2n) is 4.36. The Kier molecular flexibility index (Phi) is 5.71. The Bertz CT molecular complexity index is 499. The van der Waals surface area contributed by atoms with E-state index in [1.54, 1.807) is 12.1 Å². The van der Waals surface area contributed by atoms with Crippen molar-refractivity contribution in [2.75, 3.05) is 12.5 Å². The summed E-state index contributed by atoms with van der Waals surface area (Å²) in [4.78, 5) is 0. The molecule has 2 aromatic carbocycles. The number of aliphatic hydroxyl groups is 1. The van der Waals surface area contributed by atoms with Crippen molar-refractivity contribution in [3.63, 3.8) is 0 Å². The first kappa shape index (κ1) is 14.7. The molecule has 1 N–H and O–H groups in total. The van der Waals surface area contributed by atoms with Crippen LogP contribution in [0.15, 0.2) is 54.6 Å². The Morgan fingerprint density at radius 1 is 0.900 bits per heavy atom. The quantitative estimate of drug-likeness (QED) is 0.796. The number of rotatable bonds is 7. The van der Waals surface area contributed by atoms with Gasteiger partial charge in [-0.25, -0.2) is 0 Å². The van der Waals surface area contributed by atoms with Gasteiger partial charge in [-0.3, -0.25) is 0 Å². The van der Waals surface area contributed by atoms with Crippen LogP contribution < -0.4 is 9.47 Å². The molecule has 1 unspecified atom stereocenters. The van der Waals surface area contributed by atoms with Crippen molar-refractivity contribution in [1.29, 1.82) is 0 Å². The first-order valence-corrected chi connectivity index (χ1v) is 6.95. The molecule has 1 atom stereocenters. The van der Waals surface area contributed by atoms with E-state index in [2.05, 4.69) is 0 Å². The minimum atomic E-state index is -0.648. The smallest absolute Gasteiger partial charge is 0.120 e. The predicted octanol–water partition coefficient (Wildman–Crippen LogP) is 3.24. The topological polar surface area (TPSA) is 38.7 Å². The summed E-state index contributed by atoms with van der Waals surface area (Å²) in [6.45, 7) is 0.722. The Balaban J connectivity index is 1.82. The van der Waals surface area contributed by atoms with E-state index in [-0.39, 0.29) is 12.5 Å². The lowest BCUT2D eigenvalue weighted by Crippen LogP contribution is -2.18. The highest BCUT2D eigenvalue weighted by Gasteiger charge is 2.03. The molecule has 0 amide bonds. The van der Waals surface area contributed by atoms with Crippen LogP contribution in [0, 0.1) is 0 Å². The van der Waals surface area contributed by atoms with Crippen LogP contribution in [-0.2, 0) is 6.61 Å². The van der Waals surface area contributed by atoms with Crippen LogP contribution in [0.5, 0.6) is 11.5 Å². The van der Waals surface area contributed by atoms with Crippen molar-refractivity contribution < 1.29 is 14.6 Å². The van der Waals surface area contributed by atoms with Crippen LogP contribution in [0.3, 0.4) is 0 Å². The average Bonchev–Trinajstić information content (AvgIpc) is 2.52. The second-order valence-corrected chi connectivity index (χ2v) is 4.67. The van der Waals surface area contributed by atoms with E-state index in [0.29, 0.717) is 12.4 Å². The SMILES string of the molecule is OC(CCl)COc1ccc(OCc2ccccc2)cc1. The summed E-state index contributed by atoms with van der Waals surface area (Å²) in [6, 6.07) is 17.3. The van der Waals surface area contributed by atoms with E-state index in [4.69, 9.17) is 21.1 Å². The second kappa shape index (κ2) is 7.78. The summed E-state index contributed by atoms with van der Waals surface area (Å²) < 4.78 is 11.1. The Hall–Kier alpha value is -1.71. The highest BCUT2D eigenvalue weighted by atomic mass is 35.5. The van der Waals surface area contributed by atoms with Gasteiger partial charge >= 0.3 is 0 Å². The zero-order chi connectivity index (χ0) is 14.2. The van der Waals surface area contributed by atoms with Crippen LogP contribution in [0.4, 0.5) is 0 Å². The highest BCUT2D eigenvalue weighted by Crippen LogP contribution is 2.18. The molecule has 0 radical (unpaired) electrons. The number of hydrogen-bond donors (Lipinski definition) is 1. The number of ether oxygens (including phenoxy) is 2. The Morgan fingerprint density at radius 2 is 1.50 bits per heavy atom. The summed E-state index contributed by atoms with van der Waals surface area (Å²) in [7, 11) is 0. The van der Waals surface area contributed by atoms with Crippen molar-refractivity contribution in [3.05, 3.63) is 60.2 Å². The predicted molar refractivity (Wildman–Crippen MR) is 79.4 cm³/mol.